The summed E-state index contributed by atoms with van der Waals surface area (Å²) in [7, 11) is 0.436. The molecule has 0 aliphatic carbocycles. The lowest BCUT2D eigenvalue weighted by Gasteiger charge is -2.39. The van der Waals surface area contributed by atoms with Gasteiger partial charge in [0.1, 0.15) is 23.9 Å². The molecule has 12 nitrogen and oxygen atoms in total. The van der Waals surface area contributed by atoms with Gasteiger partial charge in [-0.25, -0.2) is 19.6 Å². The normalized spacial score (nSPS) is 17.3. The number of benzene rings is 4. The van der Waals surface area contributed by atoms with Crippen LogP contribution >= 0.6 is 18.9 Å². The summed E-state index contributed by atoms with van der Waals surface area (Å²) in [4.78, 5) is 26.9. The maximum Gasteiger partial charge on any atom is 0.256 e. The molecule has 14 heteroatoms. The second-order valence-electron chi connectivity index (χ2n) is 14.9. The largest absolute Gasteiger partial charge is 0.497 e. The predicted octanol–water partition coefficient (Wildman–Crippen LogP) is 9.76. The first kappa shape index (κ1) is 42.9. The van der Waals surface area contributed by atoms with Crippen molar-refractivity contribution in [3.05, 3.63) is 150 Å². The van der Waals surface area contributed by atoms with Crippen LogP contribution in [-0.4, -0.2) is 73.9 Å². The van der Waals surface area contributed by atoms with E-state index in [1.807, 2.05) is 71.3 Å². The molecule has 0 bridgehead atoms. The first-order chi connectivity index (χ1) is 29.2. The number of carbonyl (C=O) groups excluding carboxylic acids is 1. The third kappa shape index (κ3) is 9.40. The van der Waals surface area contributed by atoms with E-state index in [9.17, 15) is 10.1 Å². The zero-order chi connectivity index (χ0) is 42.1. The Kier molecular flexibility index (Phi) is 14.2. The number of carbonyl (C=O) groups is 1. The fraction of sp³-hybridized carbons (Fsp3) is 0.326. The van der Waals surface area contributed by atoms with Crippen LogP contribution in [0.1, 0.15) is 73.8 Å². The molecule has 4 aromatic carbocycles. The van der Waals surface area contributed by atoms with E-state index in [1.165, 1.54) is 6.33 Å². The van der Waals surface area contributed by atoms with E-state index < -0.39 is 25.4 Å². The van der Waals surface area contributed by atoms with Crippen molar-refractivity contribution in [3.8, 4) is 11.8 Å². The highest BCUT2D eigenvalue weighted by Gasteiger charge is 2.45. The molecule has 1 aliphatic rings. The number of aromatic nitrogens is 4. The highest BCUT2D eigenvalue weighted by Crippen LogP contribution is 2.61. The van der Waals surface area contributed by atoms with Crippen LogP contribution in [0.5, 0.6) is 5.75 Å². The Bertz CT molecular complexity index is 2300. The van der Waals surface area contributed by atoms with Crippen LogP contribution in [0.3, 0.4) is 0 Å². The van der Waals surface area contributed by atoms with Crippen LogP contribution in [-0.2, 0) is 19.6 Å². The molecule has 310 valence electrons. The third-order valence-corrected chi connectivity index (χ3v) is 15.2. The molecule has 7 rings (SSSR count). The first-order valence-corrected chi connectivity index (χ1v) is 22.8. The third-order valence-electron chi connectivity index (χ3n) is 10.3. The van der Waals surface area contributed by atoms with Crippen molar-refractivity contribution in [3.63, 3.8) is 0 Å². The number of hydrogen-bond donors (Lipinski definition) is 1. The van der Waals surface area contributed by atoms with E-state index in [2.05, 4.69) is 90.1 Å². The number of nitrogens with one attached hydrogen (secondary N) is 1. The number of anilines is 1. The van der Waals surface area contributed by atoms with Gasteiger partial charge in [-0.05, 0) is 68.7 Å². The molecule has 1 saturated heterocycles. The first-order valence-electron chi connectivity index (χ1n) is 20.1. The Labute approximate surface area is 356 Å². The van der Waals surface area contributed by atoms with Crippen LogP contribution in [0, 0.1) is 11.3 Å². The van der Waals surface area contributed by atoms with E-state index in [-0.39, 0.29) is 29.8 Å². The van der Waals surface area contributed by atoms with E-state index in [0.29, 0.717) is 42.0 Å². The summed E-state index contributed by atoms with van der Waals surface area (Å²) in [5.74, 6) is 0.763. The highest BCUT2D eigenvalue weighted by molar-refractivity contribution is 8.53. The van der Waals surface area contributed by atoms with E-state index in [0.717, 1.165) is 22.4 Å². The zero-order valence-electron chi connectivity index (χ0n) is 34.4. The molecule has 4 atom stereocenters. The minimum absolute atomic E-state index is 0.111. The average Bonchev–Trinajstić information content (AvgIpc) is 3.89. The van der Waals surface area contributed by atoms with Gasteiger partial charge in [0.2, 0.25) is 0 Å². The topological polar surface area (TPSA) is 137 Å². The van der Waals surface area contributed by atoms with Crippen LogP contribution in [0.25, 0.3) is 11.2 Å². The van der Waals surface area contributed by atoms with Gasteiger partial charge in [0.05, 0.1) is 45.2 Å². The lowest BCUT2D eigenvalue weighted by atomic mass is 9.80. The van der Waals surface area contributed by atoms with Crippen molar-refractivity contribution >= 4 is 41.8 Å². The summed E-state index contributed by atoms with van der Waals surface area (Å²) in [6.45, 7) is 9.24. The number of rotatable bonds is 18. The number of amides is 1. The van der Waals surface area contributed by atoms with Gasteiger partial charge in [-0.3, -0.25) is 9.36 Å². The fourth-order valence-corrected chi connectivity index (χ4v) is 12.9. The summed E-state index contributed by atoms with van der Waals surface area (Å²) in [5.41, 5.74) is 3.35. The number of nitriles is 1. The van der Waals surface area contributed by atoms with Gasteiger partial charge in [0, 0.05) is 29.3 Å². The van der Waals surface area contributed by atoms with Crippen molar-refractivity contribution in [1.82, 2.24) is 24.2 Å². The molecule has 1 N–H and O–H groups in total. The second kappa shape index (κ2) is 19.9. The van der Waals surface area contributed by atoms with E-state index in [4.69, 9.17) is 23.7 Å². The standard InChI is InChI=1S/C46H50N7O5PS/c1-32(2)53(33(3)4)59(57-27-15-26-47)60-40-28-41(52-31-50-42-43(48-30-49-44(42)52)51-45(54)34-16-9-6-10-17-34)58-39(40)29-56-46(35-18-11-7-12-19-35,36-20-13-8-14-21-36)37-22-24-38(55-5)25-23-37/h6-14,16-25,30-33,39-41H,15,27-29H2,1-5H3,(H,48,49,51,54)/t39-,40+,41-,59?/m1/s1. The number of fused-ring (bicyclic) bond motifs is 1. The Morgan fingerprint density at radius 3 is 2.13 bits per heavy atom. The van der Waals surface area contributed by atoms with Crippen LogP contribution < -0.4 is 10.1 Å². The van der Waals surface area contributed by atoms with Crippen molar-refractivity contribution in [2.24, 2.45) is 0 Å². The molecular weight excluding hydrogens is 794 g/mol. The average molecular weight is 844 g/mol. The van der Waals surface area contributed by atoms with Crippen LogP contribution in [0.15, 0.2) is 128 Å². The lowest BCUT2D eigenvalue weighted by Crippen LogP contribution is -2.38. The molecule has 0 saturated carbocycles. The lowest BCUT2D eigenvalue weighted by molar-refractivity contribution is -0.0747. The number of nitrogens with zero attached hydrogens (tertiary/aromatic N) is 6. The molecular formula is C46H50N7O5PS. The van der Waals surface area contributed by atoms with Gasteiger partial charge < -0.3 is 24.1 Å². The van der Waals surface area contributed by atoms with Crippen molar-refractivity contribution in [1.29, 1.82) is 5.26 Å². The maximum atomic E-state index is 13.2. The zero-order valence-corrected chi connectivity index (χ0v) is 36.1. The van der Waals surface area contributed by atoms with Crippen LogP contribution in [0.2, 0.25) is 0 Å². The molecule has 1 amide bonds. The Balaban J connectivity index is 1.27. The van der Waals surface area contributed by atoms with Gasteiger partial charge in [0.25, 0.3) is 5.91 Å². The Morgan fingerprint density at radius 2 is 1.53 bits per heavy atom. The quantitative estimate of drug-likeness (QED) is 0.0503. The molecule has 0 spiro atoms. The SMILES string of the molecule is COc1ccc(C(OC[C@H]2O[C@@H](n3cnc4c(NC(=O)c5ccccc5)ncnc43)C[C@@H]2SP(OCCC#N)N(C(C)C)C(C)C)(c2ccccc2)c2ccccc2)cc1. The molecule has 1 fully saturated rings. The number of methoxy groups -OCH3 is 1. The van der Waals surface area contributed by atoms with Gasteiger partial charge in [-0.15, -0.1) is 0 Å². The number of hydrogen-bond acceptors (Lipinski definition) is 11. The molecule has 1 aliphatic heterocycles. The molecule has 60 heavy (non-hydrogen) atoms. The molecule has 0 radical (unpaired) electrons. The predicted molar refractivity (Wildman–Crippen MR) is 237 cm³/mol. The Hall–Kier alpha value is -5.19. The minimum Gasteiger partial charge on any atom is -0.497 e. The molecule has 6 aromatic rings. The molecule has 1 unspecified atom stereocenters. The van der Waals surface area contributed by atoms with Crippen molar-refractivity contribution in [2.45, 2.75) is 75.8 Å². The fourth-order valence-electron chi connectivity index (χ4n) is 7.59. The van der Waals surface area contributed by atoms with Crippen LogP contribution in [0.4, 0.5) is 5.82 Å². The molecule has 3 heterocycles. The number of imidazole rings is 1. The van der Waals surface area contributed by atoms with E-state index >= 15 is 0 Å². The van der Waals surface area contributed by atoms with Gasteiger partial charge in [0.15, 0.2) is 24.5 Å². The summed E-state index contributed by atoms with van der Waals surface area (Å²) in [5, 5.41) is 12.2. The summed E-state index contributed by atoms with van der Waals surface area (Å²) in [6, 6.07) is 40.1. The summed E-state index contributed by atoms with van der Waals surface area (Å²) < 4.78 is 30.9. The smallest absolute Gasteiger partial charge is 0.256 e. The highest BCUT2D eigenvalue weighted by atomic mass is 32.7. The number of ether oxygens (including phenoxy) is 3. The second-order valence-corrected chi connectivity index (χ2v) is 18.5. The summed E-state index contributed by atoms with van der Waals surface area (Å²) >= 11 is 1.75. The van der Waals surface area contributed by atoms with Gasteiger partial charge >= 0.3 is 0 Å². The maximum absolute atomic E-state index is 13.2. The monoisotopic (exact) mass is 843 g/mol. The van der Waals surface area contributed by atoms with Crippen molar-refractivity contribution < 1.29 is 23.5 Å². The van der Waals surface area contributed by atoms with Gasteiger partial charge in [-0.1, -0.05) is 102 Å². The Morgan fingerprint density at radius 1 is 0.917 bits per heavy atom. The van der Waals surface area contributed by atoms with E-state index in [1.54, 1.807) is 37.0 Å². The van der Waals surface area contributed by atoms with Crippen molar-refractivity contribution in [2.75, 3.05) is 25.6 Å². The summed E-state index contributed by atoms with van der Waals surface area (Å²) in [6.07, 6.45) is 3.09. The minimum atomic E-state index is -1.23. The van der Waals surface area contributed by atoms with Gasteiger partial charge in [-0.2, -0.15) is 5.26 Å². The molecule has 2 aromatic heterocycles.